The standard InChI is InChI=1S/C12H11BrN6/c13-10-7-17-12(19-15)18-11(10)16-6-9-3-1-2-8(4-9)5-14/h1-4,7H,6,15H2,(H2,16,17,18,19). The molecule has 2 aromatic rings. The van der Waals surface area contributed by atoms with Crippen LogP contribution < -0.4 is 16.6 Å². The SMILES string of the molecule is N#Cc1cccc(CNc2nc(NN)ncc2Br)c1. The Labute approximate surface area is 118 Å². The molecule has 1 aromatic carbocycles. The number of hydrazine groups is 1. The highest BCUT2D eigenvalue weighted by molar-refractivity contribution is 9.10. The van der Waals surface area contributed by atoms with E-state index in [-0.39, 0.29) is 0 Å². The molecule has 0 atom stereocenters. The zero-order valence-corrected chi connectivity index (χ0v) is 11.5. The third-order valence-electron chi connectivity index (χ3n) is 2.39. The van der Waals surface area contributed by atoms with Gasteiger partial charge in [0.25, 0.3) is 0 Å². The van der Waals surface area contributed by atoms with Crippen molar-refractivity contribution in [3.05, 3.63) is 46.1 Å². The van der Waals surface area contributed by atoms with Crippen molar-refractivity contribution >= 4 is 27.7 Å². The van der Waals surface area contributed by atoms with Crippen molar-refractivity contribution < 1.29 is 0 Å². The zero-order valence-electron chi connectivity index (χ0n) is 9.89. The monoisotopic (exact) mass is 318 g/mol. The predicted molar refractivity (Wildman–Crippen MR) is 76.0 cm³/mol. The first-order valence-electron chi connectivity index (χ1n) is 5.45. The number of nitrogens with one attached hydrogen (secondary N) is 2. The fraction of sp³-hybridized carbons (Fsp3) is 0.0833. The normalized spacial score (nSPS) is 9.74. The highest BCUT2D eigenvalue weighted by Gasteiger charge is 2.04. The minimum atomic E-state index is 0.330. The number of anilines is 2. The number of aromatic nitrogens is 2. The fourth-order valence-electron chi connectivity index (χ4n) is 1.50. The molecule has 0 fully saturated rings. The summed E-state index contributed by atoms with van der Waals surface area (Å²) in [6.07, 6.45) is 1.61. The minimum absolute atomic E-state index is 0.330. The molecule has 0 saturated carbocycles. The van der Waals surface area contributed by atoms with Crippen LogP contribution in [0.5, 0.6) is 0 Å². The second-order valence-corrected chi connectivity index (χ2v) is 4.55. The second-order valence-electron chi connectivity index (χ2n) is 3.70. The van der Waals surface area contributed by atoms with E-state index >= 15 is 0 Å². The van der Waals surface area contributed by atoms with Crippen molar-refractivity contribution in [1.29, 1.82) is 5.26 Å². The van der Waals surface area contributed by atoms with Gasteiger partial charge in [-0.1, -0.05) is 12.1 Å². The zero-order chi connectivity index (χ0) is 13.7. The number of nitrogens with zero attached hydrogens (tertiary/aromatic N) is 3. The predicted octanol–water partition coefficient (Wildman–Crippen LogP) is 2.01. The summed E-state index contributed by atoms with van der Waals surface area (Å²) in [6, 6.07) is 9.47. The number of nitrogen functional groups attached to an aromatic ring is 1. The molecule has 2 rings (SSSR count). The summed E-state index contributed by atoms with van der Waals surface area (Å²) in [7, 11) is 0. The van der Waals surface area contributed by atoms with Gasteiger partial charge in [0.15, 0.2) is 0 Å². The van der Waals surface area contributed by atoms with E-state index in [0.29, 0.717) is 23.9 Å². The van der Waals surface area contributed by atoms with Gasteiger partial charge in [0.05, 0.1) is 16.1 Å². The maximum atomic E-state index is 8.84. The molecule has 1 heterocycles. The van der Waals surface area contributed by atoms with E-state index in [0.717, 1.165) is 10.0 Å². The van der Waals surface area contributed by atoms with Crippen LogP contribution in [0, 0.1) is 11.3 Å². The third-order valence-corrected chi connectivity index (χ3v) is 2.97. The molecule has 6 nitrogen and oxygen atoms in total. The number of rotatable bonds is 4. The van der Waals surface area contributed by atoms with Crippen molar-refractivity contribution in [3.8, 4) is 6.07 Å². The van der Waals surface area contributed by atoms with Gasteiger partial charge in [-0.25, -0.2) is 10.8 Å². The highest BCUT2D eigenvalue weighted by Crippen LogP contribution is 2.20. The Morgan fingerprint density at radius 2 is 2.26 bits per heavy atom. The van der Waals surface area contributed by atoms with Gasteiger partial charge >= 0.3 is 0 Å². The smallest absolute Gasteiger partial charge is 0.239 e. The van der Waals surface area contributed by atoms with E-state index in [1.807, 2.05) is 18.2 Å². The Balaban J connectivity index is 2.12. The van der Waals surface area contributed by atoms with Crippen molar-refractivity contribution in [1.82, 2.24) is 9.97 Å². The molecule has 0 aliphatic carbocycles. The first-order chi connectivity index (χ1) is 9.22. The lowest BCUT2D eigenvalue weighted by Crippen LogP contribution is -2.12. The summed E-state index contributed by atoms with van der Waals surface area (Å²) < 4.78 is 0.739. The summed E-state index contributed by atoms with van der Waals surface area (Å²) >= 11 is 3.35. The molecule has 1 aromatic heterocycles. The Morgan fingerprint density at radius 3 is 3.00 bits per heavy atom. The van der Waals surface area contributed by atoms with Crippen molar-refractivity contribution in [2.24, 2.45) is 5.84 Å². The summed E-state index contributed by atoms with van der Waals surface area (Å²) in [5.41, 5.74) is 4.01. The van der Waals surface area contributed by atoms with Gasteiger partial charge < -0.3 is 5.32 Å². The van der Waals surface area contributed by atoms with Crippen LogP contribution in [-0.2, 0) is 6.54 Å². The number of benzene rings is 1. The van der Waals surface area contributed by atoms with Crippen LogP contribution in [0.2, 0.25) is 0 Å². The first-order valence-corrected chi connectivity index (χ1v) is 6.24. The molecule has 0 unspecified atom stereocenters. The Kier molecular flexibility index (Phi) is 4.28. The largest absolute Gasteiger partial charge is 0.365 e. The van der Waals surface area contributed by atoms with Gasteiger partial charge in [-0.3, -0.25) is 5.43 Å². The minimum Gasteiger partial charge on any atom is -0.365 e. The Morgan fingerprint density at radius 1 is 1.42 bits per heavy atom. The van der Waals surface area contributed by atoms with Crippen LogP contribution in [0.1, 0.15) is 11.1 Å². The van der Waals surface area contributed by atoms with Crippen LogP contribution in [0.4, 0.5) is 11.8 Å². The molecule has 0 amide bonds. The highest BCUT2D eigenvalue weighted by atomic mass is 79.9. The van der Waals surface area contributed by atoms with E-state index in [1.54, 1.807) is 12.3 Å². The molecule has 0 radical (unpaired) electrons. The molecule has 0 aliphatic rings. The van der Waals surface area contributed by atoms with E-state index in [9.17, 15) is 0 Å². The molecule has 0 bridgehead atoms. The fourth-order valence-corrected chi connectivity index (χ4v) is 1.83. The lowest BCUT2D eigenvalue weighted by Gasteiger charge is -2.09. The van der Waals surface area contributed by atoms with Crippen molar-refractivity contribution in [3.63, 3.8) is 0 Å². The lowest BCUT2D eigenvalue weighted by molar-refractivity contribution is 1.06. The second kappa shape index (κ2) is 6.13. The van der Waals surface area contributed by atoms with Crippen molar-refractivity contribution in [2.45, 2.75) is 6.54 Å². The van der Waals surface area contributed by atoms with Crippen LogP contribution >= 0.6 is 15.9 Å². The van der Waals surface area contributed by atoms with Crippen LogP contribution in [0.25, 0.3) is 0 Å². The van der Waals surface area contributed by atoms with Gasteiger partial charge in [0.1, 0.15) is 5.82 Å². The summed E-state index contributed by atoms with van der Waals surface area (Å²) in [5.74, 6) is 6.22. The van der Waals surface area contributed by atoms with Gasteiger partial charge in [0.2, 0.25) is 5.95 Å². The maximum absolute atomic E-state index is 8.84. The van der Waals surface area contributed by atoms with Gasteiger partial charge in [-0.2, -0.15) is 10.2 Å². The topological polar surface area (TPSA) is 99.7 Å². The van der Waals surface area contributed by atoms with Crippen molar-refractivity contribution in [2.75, 3.05) is 10.7 Å². The van der Waals surface area contributed by atoms with Crippen LogP contribution in [0.3, 0.4) is 0 Å². The molecule has 0 aliphatic heterocycles. The number of nitrogens with two attached hydrogens (primary N) is 1. The van der Waals surface area contributed by atoms with Gasteiger partial charge in [-0.15, -0.1) is 0 Å². The molecule has 7 heteroatoms. The summed E-state index contributed by atoms with van der Waals surface area (Å²) in [5, 5.41) is 12.0. The van der Waals surface area contributed by atoms with Crippen LogP contribution in [0.15, 0.2) is 34.9 Å². The molecule has 0 spiro atoms. The Bertz CT molecular complexity index is 622. The van der Waals surface area contributed by atoms with Crippen LogP contribution in [-0.4, -0.2) is 9.97 Å². The van der Waals surface area contributed by atoms with E-state index < -0.39 is 0 Å². The molecular weight excluding hydrogens is 308 g/mol. The number of hydrogen-bond donors (Lipinski definition) is 3. The van der Waals surface area contributed by atoms with E-state index in [1.165, 1.54) is 0 Å². The number of nitriles is 1. The molecule has 0 saturated heterocycles. The maximum Gasteiger partial charge on any atom is 0.239 e. The average molecular weight is 319 g/mol. The average Bonchev–Trinajstić information content (AvgIpc) is 2.46. The molecule has 96 valence electrons. The molecule has 19 heavy (non-hydrogen) atoms. The number of halogens is 1. The third kappa shape index (κ3) is 3.40. The first kappa shape index (κ1) is 13.3. The summed E-state index contributed by atoms with van der Waals surface area (Å²) in [4.78, 5) is 8.14. The quantitative estimate of drug-likeness (QED) is 0.589. The van der Waals surface area contributed by atoms with E-state index in [2.05, 4.69) is 42.7 Å². The number of hydrogen-bond acceptors (Lipinski definition) is 6. The molecule has 4 N–H and O–H groups in total. The van der Waals surface area contributed by atoms with Gasteiger partial charge in [0, 0.05) is 12.7 Å². The van der Waals surface area contributed by atoms with E-state index in [4.69, 9.17) is 11.1 Å². The Hall–Kier alpha value is -2.17. The van der Waals surface area contributed by atoms with Gasteiger partial charge in [-0.05, 0) is 33.6 Å². The molecular formula is C12H11BrN6. The summed E-state index contributed by atoms with van der Waals surface area (Å²) in [6.45, 7) is 0.551. The lowest BCUT2D eigenvalue weighted by atomic mass is 10.1.